The van der Waals surface area contributed by atoms with Gasteiger partial charge in [0.2, 0.25) is 16.9 Å². The number of thioether (sulfide) groups is 1. The van der Waals surface area contributed by atoms with Crippen molar-refractivity contribution in [1.29, 1.82) is 0 Å². The lowest BCUT2D eigenvalue weighted by Gasteiger charge is -2.05. The third kappa shape index (κ3) is 4.09. The van der Waals surface area contributed by atoms with Crippen LogP contribution in [0.1, 0.15) is 11.7 Å². The smallest absolute Gasteiger partial charge is 0.237 e. The van der Waals surface area contributed by atoms with Gasteiger partial charge in [0.15, 0.2) is 5.82 Å². The van der Waals surface area contributed by atoms with Crippen LogP contribution in [-0.2, 0) is 12.4 Å². The van der Waals surface area contributed by atoms with Crippen LogP contribution >= 0.6 is 23.1 Å². The summed E-state index contributed by atoms with van der Waals surface area (Å²) in [6.07, 6.45) is 0. The maximum absolute atomic E-state index is 12.9. The molecule has 138 valence electrons. The molecule has 27 heavy (non-hydrogen) atoms. The van der Waals surface area contributed by atoms with E-state index in [1.807, 2.05) is 16.8 Å². The van der Waals surface area contributed by atoms with E-state index in [1.54, 1.807) is 11.3 Å². The van der Waals surface area contributed by atoms with Gasteiger partial charge < -0.3 is 15.1 Å². The number of thiophene rings is 1. The van der Waals surface area contributed by atoms with Crippen molar-refractivity contribution < 1.29 is 13.7 Å². The largest absolute Gasteiger partial charge is 0.486 e. The monoisotopic (exact) mass is 404 g/mol. The molecule has 0 aliphatic rings. The number of nitrogens with zero attached hydrogens (tertiary/aromatic N) is 5. The van der Waals surface area contributed by atoms with Crippen molar-refractivity contribution in [3.63, 3.8) is 0 Å². The molecule has 3 aromatic heterocycles. The Hall–Kier alpha value is -2.92. The first-order valence-corrected chi connectivity index (χ1v) is 9.67. The first-order chi connectivity index (χ1) is 13.2. The third-order valence-electron chi connectivity index (χ3n) is 3.49. The summed E-state index contributed by atoms with van der Waals surface area (Å²) in [7, 11) is 0. The van der Waals surface area contributed by atoms with E-state index in [0.717, 1.165) is 5.56 Å². The lowest BCUT2D eigenvalue weighted by Crippen LogP contribution is -2.15. The third-order valence-corrected chi connectivity index (χ3v) is 5.10. The average Bonchev–Trinajstić information content (AvgIpc) is 3.41. The van der Waals surface area contributed by atoms with Crippen molar-refractivity contribution in [2.75, 3.05) is 5.84 Å². The highest BCUT2D eigenvalue weighted by molar-refractivity contribution is 7.98. The van der Waals surface area contributed by atoms with Crippen molar-refractivity contribution in [3.8, 4) is 17.1 Å². The van der Waals surface area contributed by atoms with Gasteiger partial charge in [-0.3, -0.25) is 0 Å². The highest BCUT2D eigenvalue weighted by atomic mass is 32.2. The fourth-order valence-corrected chi connectivity index (χ4v) is 3.48. The summed E-state index contributed by atoms with van der Waals surface area (Å²) in [6, 6.07) is 7.62. The van der Waals surface area contributed by atoms with Crippen molar-refractivity contribution in [2.45, 2.75) is 17.5 Å². The second kappa shape index (κ2) is 7.76. The Bertz CT molecular complexity index is 1020. The predicted molar refractivity (Wildman–Crippen MR) is 98.1 cm³/mol. The molecular weight excluding hydrogens is 391 g/mol. The van der Waals surface area contributed by atoms with Gasteiger partial charge in [0.25, 0.3) is 0 Å². The van der Waals surface area contributed by atoms with Gasteiger partial charge in [-0.2, -0.15) is 16.3 Å². The topological polar surface area (TPSA) is 105 Å². The van der Waals surface area contributed by atoms with Crippen LogP contribution in [0.5, 0.6) is 5.75 Å². The summed E-state index contributed by atoms with van der Waals surface area (Å²) in [5.41, 5.74) is 0.919. The molecule has 11 heteroatoms. The van der Waals surface area contributed by atoms with Gasteiger partial charge in [-0.25, -0.2) is 9.07 Å². The Kier molecular flexibility index (Phi) is 5.03. The molecule has 0 radical (unpaired) electrons. The number of aromatic nitrogens is 5. The minimum absolute atomic E-state index is 0.110. The molecule has 4 aromatic rings. The molecule has 0 unspecified atom stereocenters. The summed E-state index contributed by atoms with van der Waals surface area (Å²) >= 11 is 2.89. The molecule has 0 fully saturated rings. The van der Waals surface area contributed by atoms with E-state index in [9.17, 15) is 4.39 Å². The Morgan fingerprint density at radius 1 is 1.22 bits per heavy atom. The fraction of sp³-hybridized carbons (Fsp3) is 0.125. The van der Waals surface area contributed by atoms with Gasteiger partial charge in [-0.05, 0) is 35.7 Å². The van der Waals surface area contributed by atoms with Crippen LogP contribution in [0.15, 0.2) is 50.8 Å². The van der Waals surface area contributed by atoms with Gasteiger partial charge >= 0.3 is 0 Å². The van der Waals surface area contributed by atoms with Crippen LogP contribution in [0.3, 0.4) is 0 Å². The molecule has 1 aromatic carbocycles. The molecule has 4 rings (SSSR count). The fourth-order valence-electron chi connectivity index (χ4n) is 2.13. The van der Waals surface area contributed by atoms with Crippen molar-refractivity contribution >= 4 is 23.1 Å². The maximum Gasteiger partial charge on any atom is 0.237 e. The van der Waals surface area contributed by atoms with E-state index in [-0.39, 0.29) is 12.4 Å². The number of nitrogen functional groups attached to an aromatic ring is 1. The summed E-state index contributed by atoms with van der Waals surface area (Å²) in [5.74, 6) is 8.05. The number of halogens is 1. The van der Waals surface area contributed by atoms with E-state index in [1.165, 1.54) is 40.7 Å². The van der Waals surface area contributed by atoms with E-state index in [4.69, 9.17) is 15.1 Å². The number of ether oxygens (including phenoxy) is 1. The highest BCUT2D eigenvalue weighted by Crippen LogP contribution is 2.23. The zero-order valence-corrected chi connectivity index (χ0v) is 15.4. The van der Waals surface area contributed by atoms with Crippen molar-refractivity contribution in [1.82, 2.24) is 25.0 Å². The predicted octanol–water partition coefficient (Wildman–Crippen LogP) is 3.11. The molecular formula is C16H13FN6O2S2. The normalized spacial score (nSPS) is 11.0. The number of nitrogens with two attached hydrogens (primary N) is 1. The van der Waals surface area contributed by atoms with Crippen LogP contribution in [0.4, 0.5) is 4.39 Å². The first kappa shape index (κ1) is 17.5. The van der Waals surface area contributed by atoms with E-state index >= 15 is 0 Å². The molecule has 2 N–H and O–H groups in total. The van der Waals surface area contributed by atoms with Gasteiger partial charge in [0.1, 0.15) is 18.2 Å². The number of hydrogen-bond donors (Lipinski definition) is 1. The van der Waals surface area contributed by atoms with Crippen LogP contribution in [0.25, 0.3) is 11.4 Å². The molecule has 0 spiro atoms. The average molecular weight is 404 g/mol. The Balaban J connectivity index is 1.35. The van der Waals surface area contributed by atoms with Crippen LogP contribution in [0.2, 0.25) is 0 Å². The molecule has 0 aliphatic carbocycles. The standard InChI is InChI=1S/C16H13FN6O2S2/c17-11-1-3-12(4-2-11)24-7-13-20-21-16(23(13)18)27-9-14-19-15(22-25-14)10-5-6-26-8-10/h1-6,8H,7,9,18H2. The van der Waals surface area contributed by atoms with E-state index < -0.39 is 0 Å². The maximum atomic E-state index is 12.9. The zero-order chi connectivity index (χ0) is 18.6. The second-order valence-electron chi connectivity index (χ2n) is 5.32. The van der Waals surface area contributed by atoms with Crippen LogP contribution in [-0.4, -0.2) is 25.0 Å². The Labute approximate surface area is 161 Å². The number of hydrogen-bond acceptors (Lipinski definition) is 9. The van der Waals surface area contributed by atoms with Crippen LogP contribution in [0, 0.1) is 5.82 Å². The molecule has 3 heterocycles. The quantitative estimate of drug-likeness (QED) is 0.370. The van der Waals surface area contributed by atoms with Gasteiger partial charge in [-0.1, -0.05) is 16.9 Å². The molecule has 8 nitrogen and oxygen atoms in total. The summed E-state index contributed by atoms with van der Waals surface area (Å²) in [4.78, 5) is 4.34. The molecule has 0 saturated heterocycles. The minimum atomic E-state index is -0.328. The zero-order valence-electron chi connectivity index (χ0n) is 13.8. The molecule has 0 saturated carbocycles. The minimum Gasteiger partial charge on any atom is -0.486 e. The Morgan fingerprint density at radius 2 is 2.07 bits per heavy atom. The van der Waals surface area contributed by atoms with Gasteiger partial charge in [-0.15, -0.1) is 10.2 Å². The van der Waals surface area contributed by atoms with Gasteiger partial charge in [0.05, 0.1) is 5.75 Å². The second-order valence-corrected chi connectivity index (χ2v) is 7.05. The van der Waals surface area contributed by atoms with Gasteiger partial charge in [0, 0.05) is 10.9 Å². The summed E-state index contributed by atoms with van der Waals surface area (Å²) in [5, 5.41) is 16.4. The SMILES string of the molecule is Nn1c(COc2ccc(F)cc2)nnc1SCc1nc(-c2ccsc2)no1. The number of rotatable bonds is 7. The van der Waals surface area contributed by atoms with E-state index in [0.29, 0.717) is 34.2 Å². The summed E-state index contributed by atoms with van der Waals surface area (Å²) < 4.78 is 25.0. The van der Waals surface area contributed by atoms with Crippen molar-refractivity contribution in [3.05, 3.63) is 58.6 Å². The molecule has 0 bridgehead atoms. The first-order valence-electron chi connectivity index (χ1n) is 7.75. The lowest BCUT2D eigenvalue weighted by atomic mass is 10.3. The summed E-state index contributed by atoms with van der Waals surface area (Å²) in [6.45, 7) is 0.110. The molecule has 0 atom stereocenters. The highest BCUT2D eigenvalue weighted by Gasteiger charge is 2.14. The van der Waals surface area contributed by atoms with Crippen molar-refractivity contribution in [2.24, 2.45) is 0 Å². The molecule has 0 aliphatic heterocycles. The lowest BCUT2D eigenvalue weighted by molar-refractivity contribution is 0.291. The van der Waals surface area contributed by atoms with E-state index in [2.05, 4.69) is 20.3 Å². The molecule has 0 amide bonds. The Morgan fingerprint density at radius 3 is 2.85 bits per heavy atom. The number of benzene rings is 1. The van der Waals surface area contributed by atoms with Crippen LogP contribution < -0.4 is 10.6 Å².